The first-order valence-electron chi connectivity index (χ1n) is 8.21. The van der Waals surface area contributed by atoms with Gasteiger partial charge in [0, 0.05) is 12.2 Å². The van der Waals surface area contributed by atoms with Crippen LogP contribution in [0.1, 0.15) is 22.5 Å². The molecule has 1 aliphatic heterocycles. The van der Waals surface area contributed by atoms with Gasteiger partial charge in [0.15, 0.2) is 10.4 Å². The highest BCUT2D eigenvalue weighted by Gasteiger charge is 2.30. The zero-order valence-corrected chi connectivity index (χ0v) is 17.2. The fourth-order valence-corrected chi connectivity index (χ4v) is 5.99. The number of sulfonamides is 1. The predicted octanol–water partition coefficient (Wildman–Crippen LogP) is 4.50. The van der Waals surface area contributed by atoms with E-state index in [-0.39, 0.29) is 11.7 Å². The number of nitrogens with zero attached hydrogens (tertiary/aromatic N) is 1. The van der Waals surface area contributed by atoms with Gasteiger partial charge in [0.1, 0.15) is 4.21 Å². The average molecular weight is 467 g/mol. The summed E-state index contributed by atoms with van der Waals surface area (Å²) in [5, 5.41) is 4.54. The second kappa shape index (κ2) is 7.14. The van der Waals surface area contributed by atoms with Crippen LogP contribution >= 0.6 is 27.3 Å². The Morgan fingerprint density at radius 2 is 2.07 bits per heavy atom. The van der Waals surface area contributed by atoms with Crippen LogP contribution in [-0.2, 0) is 16.4 Å². The van der Waals surface area contributed by atoms with E-state index in [1.54, 1.807) is 41.8 Å². The average Bonchev–Trinajstić information content (AvgIpc) is 3.33. The molecule has 0 saturated carbocycles. The van der Waals surface area contributed by atoms with Gasteiger partial charge < -0.3 is 9.73 Å². The fourth-order valence-electron chi connectivity index (χ4n) is 3.04. The standard InChI is InChI=1S/C18H15BrN2O4S2/c19-16-8-7-15(25-16)18(22)20-13-5-6-14-12(11-13)3-1-9-21(14)27(23,24)17-4-2-10-26-17/h2,4-8,10-11H,1,3,9H2,(H,20,22). The van der Waals surface area contributed by atoms with E-state index in [9.17, 15) is 13.2 Å². The van der Waals surface area contributed by atoms with Gasteiger partial charge >= 0.3 is 0 Å². The smallest absolute Gasteiger partial charge is 0.291 e. The molecule has 0 radical (unpaired) electrons. The highest BCUT2D eigenvalue weighted by molar-refractivity contribution is 9.10. The second-order valence-electron chi connectivity index (χ2n) is 6.01. The molecule has 3 aromatic rings. The number of amides is 1. The molecular weight excluding hydrogens is 452 g/mol. The van der Waals surface area contributed by atoms with Gasteiger partial charge in [-0.05, 0) is 76.1 Å². The zero-order valence-electron chi connectivity index (χ0n) is 14.0. The highest BCUT2D eigenvalue weighted by atomic mass is 79.9. The van der Waals surface area contributed by atoms with Crippen molar-refractivity contribution in [1.82, 2.24) is 0 Å². The minimum Gasteiger partial charge on any atom is -0.444 e. The molecule has 1 N–H and O–H groups in total. The Balaban J connectivity index is 1.61. The number of benzene rings is 1. The van der Waals surface area contributed by atoms with Gasteiger partial charge in [-0.2, -0.15) is 0 Å². The molecule has 1 aromatic carbocycles. The quantitative estimate of drug-likeness (QED) is 0.613. The van der Waals surface area contributed by atoms with Crippen molar-refractivity contribution in [3.63, 3.8) is 0 Å². The van der Waals surface area contributed by atoms with E-state index in [0.29, 0.717) is 26.8 Å². The van der Waals surface area contributed by atoms with Gasteiger partial charge in [0.05, 0.1) is 5.69 Å². The Morgan fingerprint density at radius 1 is 1.22 bits per heavy atom. The molecule has 2 aromatic heterocycles. The molecule has 0 unspecified atom stereocenters. The van der Waals surface area contributed by atoms with Gasteiger partial charge in [0.25, 0.3) is 15.9 Å². The molecule has 0 atom stereocenters. The summed E-state index contributed by atoms with van der Waals surface area (Å²) in [5.41, 5.74) is 2.15. The molecule has 3 heterocycles. The number of nitrogens with one attached hydrogen (secondary N) is 1. The number of hydrogen-bond donors (Lipinski definition) is 1. The van der Waals surface area contributed by atoms with Crippen LogP contribution in [-0.4, -0.2) is 20.9 Å². The molecule has 9 heteroatoms. The van der Waals surface area contributed by atoms with Crippen LogP contribution in [0.15, 0.2) is 61.1 Å². The molecule has 1 aliphatic rings. The summed E-state index contributed by atoms with van der Waals surface area (Å²) in [6, 6.07) is 11.8. The molecule has 0 bridgehead atoms. The molecule has 0 aliphatic carbocycles. The SMILES string of the molecule is O=C(Nc1ccc2c(c1)CCCN2S(=O)(=O)c1cccs1)c1ccc(Br)o1. The lowest BCUT2D eigenvalue weighted by Crippen LogP contribution is -2.35. The Labute approximate surface area is 169 Å². The van der Waals surface area contributed by atoms with E-state index in [1.807, 2.05) is 6.07 Å². The molecule has 0 spiro atoms. The van der Waals surface area contributed by atoms with Crippen molar-refractivity contribution in [3.8, 4) is 0 Å². The van der Waals surface area contributed by atoms with Crippen molar-refractivity contribution in [2.45, 2.75) is 17.1 Å². The number of aryl methyl sites for hydroxylation is 1. The van der Waals surface area contributed by atoms with Gasteiger partial charge in [-0.15, -0.1) is 11.3 Å². The minimum absolute atomic E-state index is 0.196. The fraction of sp³-hybridized carbons (Fsp3) is 0.167. The first-order valence-corrected chi connectivity index (χ1v) is 11.3. The molecule has 140 valence electrons. The first-order chi connectivity index (χ1) is 12.9. The summed E-state index contributed by atoms with van der Waals surface area (Å²) >= 11 is 4.38. The van der Waals surface area contributed by atoms with Crippen molar-refractivity contribution in [1.29, 1.82) is 0 Å². The molecule has 27 heavy (non-hydrogen) atoms. The molecule has 0 fully saturated rings. The lowest BCUT2D eigenvalue weighted by Gasteiger charge is -2.30. The molecule has 4 rings (SSSR count). The maximum Gasteiger partial charge on any atom is 0.291 e. The molecule has 0 saturated heterocycles. The zero-order chi connectivity index (χ0) is 19.0. The lowest BCUT2D eigenvalue weighted by atomic mass is 10.0. The number of thiophene rings is 1. The van der Waals surface area contributed by atoms with Crippen molar-refractivity contribution in [3.05, 3.63) is 63.8 Å². The number of rotatable bonds is 4. The number of halogens is 1. The summed E-state index contributed by atoms with van der Waals surface area (Å²) in [5.74, 6) is -0.166. The summed E-state index contributed by atoms with van der Waals surface area (Å²) in [6.45, 7) is 0.444. The maximum atomic E-state index is 12.9. The maximum absolute atomic E-state index is 12.9. The molecule has 6 nitrogen and oxygen atoms in total. The van der Waals surface area contributed by atoms with Crippen LogP contribution in [0.2, 0.25) is 0 Å². The predicted molar refractivity (Wildman–Crippen MR) is 108 cm³/mol. The minimum atomic E-state index is -3.56. The summed E-state index contributed by atoms with van der Waals surface area (Å²) in [6.07, 6.45) is 1.47. The molecular formula is C18H15BrN2O4S2. The third-order valence-corrected chi connectivity index (χ3v) is 7.86. The second-order valence-corrected chi connectivity index (χ2v) is 9.83. The lowest BCUT2D eigenvalue weighted by molar-refractivity contribution is 0.0995. The van der Waals surface area contributed by atoms with E-state index in [0.717, 1.165) is 18.4 Å². The van der Waals surface area contributed by atoms with Gasteiger partial charge in [0.2, 0.25) is 0 Å². The van der Waals surface area contributed by atoms with Crippen LogP contribution < -0.4 is 9.62 Å². The monoisotopic (exact) mass is 466 g/mol. The third kappa shape index (κ3) is 3.54. The Bertz CT molecular complexity index is 1090. The Morgan fingerprint density at radius 3 is 2.78 bits per heavy atom. The van der Waals surface area contributed by atoms with Crippen LogP contribution in [0.3, 0.4) is 0 Å². The number of hydrogen-bond acceptors (Lipinski definition) is 5. The molecule has 1 amide bonds. The van der Waals surface area contributed by atoms with Gasteiger partial charge in [-0.3, -0.25) is 9.10 Å². The Hall–Kier alpha value is -2.10. The number of carbonyl (C=O) groups excluding carboxylic acids is 1. The largest absolute Gasteiger partial charge is 0.444 e. The Kier molecular flexibility index (Phi) is 4.83. The van der Waals surface area contributed by atoms with E-state index >= 15 is 0 Å². The van der Waals surface area contributed by atoms with Crippen LogP contribution in [0.25, 0.3) is 0 Å². The van der Waals surface area contributed by atoms with Crippen molar-refractivity contribution < 1.29 is 17.6 Å². The number of carbonyl (C=O) groups is 1. The van der Waals surface area contributed by atoms with Crippen LogP contribution in [0.5, 0.6) is 0 Å². The summed E-state index contributed by atoms with van der Waals surface area (Å²) in [7, 11) is -3.56. The number of fused-ring (bicyclic) bond motifs is 1. The van der Waals surface area contributed by atoms with E-state index in [2.05, 4.69) is 21.2 Å². The van der Waals surface area contributed by atoms with Gasteiger partial charge in [-0.25, -0.2) is 8.42 Å². The highest BCUT2D eigenvalue weighted by Crippen LogP contribution is 2.35. The van der Waals surface area contributed by atoms with Crippen molar-refractivity contribution in [2.75, 3.05) is 16.2 Å². The summed E-state index contributed by atoms with van der Waals surface area (Å²) < 4.78 is 33.3. The number of furan rings is 1. The number of anilines is 2. The van der Waals surface area contributed by atoms with Crippen LogP contribution in [0.4, 0.5) is 11.4 Å². The third-order valence-electron chi connectivity index (χ3n) is 4.25. The van der Waals surface area contributed by atoms with Crippen molar-refractivity contribution in [2.24, 2.45) is 0 Å². The first kappa shape index (κ1) is 18.3. The summed E-state index contributed by atoms with van der Waals surface area (Å²) in [4.78, 5) is 12.2. The topological polar surface area (TPSA) is 79.6 Å². The van der Waals surface area contributed by atoms with E-state index < -0.39 is 10.0 Å². The van der Waals surface area contributed by atoms with Crippen LogP contribution in [0, 0.1) is 0 Å². The van der Waals surface area contributed by atoms with E-state index in [1.165, 1.54) is 15.6 Å². The normalized spacial score (nSPS) is 14.0. The van der Waals surface area contributed by atoms with Gasteiger partial charge in [-0.1, -0.05) is 6.07 Å². The van der Waals surface area contributed by atoms with E-state index in [4.69, 9.17) is 4.42 Å². The van der Waals surface area contributed by atoms with Crippen molar-refractivity contribution >= 4 is 54.6 Å².